The zero-order valence-electron chi connectivity index (χ0n) is 12.0. The van der Waals surface area contributed by atoms with Crippen LogP contribution in [0.1, 0.15) is 40.3 Å². The van der Waals surface area contributed by atoms with E-state index in [9.17, 15) is 0 Å². The highest BCUT2D eigenvalue weighted by Crippen LogP contribution is 2.33. The van der Waals surface area contributed by atoms with E-state index in [1.807, 2.05) is 29.5 Å². The van der Waals surface area contributed by atoms with Crippen LogP contribution in [0, 0.1) is 13.8 Å². The average Bonchev–Trinajstić information content (AvgIpc) is 2.74. The van der Waals surface area contributed by atoms with Gasteiger partial charge < -0.3 is 5.32 Å². The third-order valence-corrected chi connectivity index (χ3v) is 5.30. The van der Waals surface area contributed by atoms with E-state index < -0.39 is 0 Å². The van der Waals surface area contributed by atoms with Gasteiger partial charge in [0, 0.05) is 9.75 Å². The van der Waals surface area contributed by atoms with Gasteiger partial charge in [0.2, 0.25) is 0 Å². The first kappa shape index (κ1) is 15.8. The molecule has 1 aromatic heterocycles. The minimum atomic E-state index is 0.183. The van der Waals surface area contributed by atoms with Crippen molar-refractivity contribution in [1.82, 2.24) is 5.32 Å². The molecule has 1 nitrogen and oxygen atoms in total. The largest absolute Gasteiger partial charge is 0.306 e. The summed E-state index contributed by atoms with van der Waals surface area (Å²) in [6, 6.07) is 8.32. The molecular weight excluding hydrogens is 309 g/mol. The second-order valence-electron chi connectivity index (χ2n) is 4.95. The second kappa shape index (κ2) is 6.95. The molecule has 0 fully saturated rings. The van der Waals surface area contributed by atoms with Gasteiger partial charge in [0.25, 0.3) is 0 Å². The van der Waals surface area contributed by atoms with Gasteiger partial charge >= 0.3 is 0 Å². The molecule has 0 spiro atoms. The molecule has 20 heavy (non-hydrogen) atoms. The van der Waals surface area contributed by atoms with Crippen molar-refractivity contribution >= 4 is 34.5 Å². The molecule has 1 heterocycles. The molecule has 2 aromatic rings. The molecule has 0 radical (unpaired) electrons. The van der Waals surface area contributed by atoms with Crippen molar-refractivity contribution in [2.75, 3.05) is 6.54 Å². The van der Waals surface area contributed by atoms with Crippen molar-refractivity contribution in [3.05, 3.63) is 55.2 Å². The van der Waals surface area contributed by atoms with Crippen molar-refractivity contribution in [3.8, 4) is 0 Å². The van der Waals surface area contributed by atoms with Crippen LogP contribution in [0.2, 0.25) is 10.0 Å². The minimum absolute atomic E-state index is 0.183. The maximum atomic E-state index is 6.16. The first-order valence-electron chi connectivity index (χ1n) is 6.78. The standard InChI is InChI=1S/C16H19Cl2NS/c1-4-7-19-16(15-8-10(2)11(3)20-15)12-5-6-13(17)14(18)9-12/h5-6,8-9,16,19H,4,7H2,1-3H3. The fourth-order valence-electron chi connectivity index (χ4n) is 2.11. The van der Waals surface area contributed by atoms with Gasteiger partial charge in [-0.3, -0.25) is 0 Å². The molecular formula is C16H19Cl2NS. The molecule has 0 saturated carbocycles. The van der Waals surface area contributed by atoms with Gasteiger partial charge in [-0.2, -0.15) is 0 Å². The van der Waals surface area contributed by atoms with E-state index in [4.69, 9.17) is 23.2 Å². The molecule has 1 atom stereocenters. The van der Waals surface area contributed by atoms with Crippen molar-refractivity contribution in [2.45, 2.75) is 33.2 Å². The van der Waals surface area contributed by atoms with E-state index in [0.717, 1.165) is 18.5 Å². The molecule has 0 aliphatic carbocycles. The Bertz CT molecular complexity index is 573. The predicted molar refractivity (Wildman–Crippen MR) is 90.4 cm³/mol. The molecule has 0 bridgehead atoms. The SMILES string of the molecule is CCCNC(c1ccc(Cl)c(Cl)c1)c1cc(C)c(C)s1. The van der Waals surface area contributed by atoms with Gasteiger partial charge in [0.05, 0.1) is 16.1 Å². The Balaban J connectivity index is 2.38. The second-order valence-corrected chi connectivity index (χ2v) is 7.05. The molecule has 0 saturated heterocycles. The first-order chi connectivity index (χ1) is 9.52. The molecule has 0 aliphatic rings. The fourth-order valence-corrected chi connectivity index (χ4v) is 3.56. The molecule has 1 aromatic carbocycles. The van der Waals surface area contributed by atoms with Gasteiger partial charge in [-0.15, -0.1) is 11.3 Å². The molecule has 2 rings (SSSR count). The monoisotopic (exact) mass is 327 g/mol. The number of nitrogens with one attached hydrogen (secondary N) is 1. The number of thiophene rings is 1. The zero-order valence-corrected chi connectivity index (χ0v) is 14.3. The number of hydrogen-bond donors (Lipinski definition) is 1. The lowest BCUT2D eigenvalue weighted by atomic mass is 10.0. The Hall–Kier alpha value is -0.540. The Morgan fingerprint density at radius 2 is 1.90 bits per heavy atom. The fraction of sp³-hybridized carbons (Fsp3) is 0.375. The molecule has 1 N–H and O–H groups in total. The summed E-state index contributed by atoms with van der Waals surface area (Å²) in [6.07, 6.45) is 1.10. The highest BCUT2D eigenvalue weighted by molar-refractivity contribution is 7.12. The smallest absolute Gasteiger partial charge is 0.0671 e. The maximum Gasteiger partial charge on any atom is 0.0671 e. The van der Waals surface area contributed by atoms with Crippen molar-refractivity contribution < 1.29 is 0 Å². The average molecular weight is 328 g/mol. The van der Waals surface area contributed by atoms with Gasteiger partial charge in [-0.1, -0.05) is 36.2 Å². The number of hydrogen-bond acceptors (Lipinski definition) is 2. The normalized spacial score (nSPS) is 12.7. The summed E-state index contributed by atoms with van der Waals surface area (Å²) in [5, 5.41) is 4.81. The number of rotatable bonds is 5. The van der Waals surface area contributed by atoms with Gasteiger partial charge in [-0.05, 0) is 56.1 Å². The molecule has 0 amide bonds. The maximum absolute atomic E-state index is 6.16. The quantitative estimate of drug-likeness (QED) is 0.736. The Kier molecular flexibility index (Phi) is 5.50. The van der Waals surface area contributed by atoms with Gasteiger partial charge in [0.1, 0.15) is 0 Å². The Morgan fingerprint density at radius 1 is 1.15 bits per heavy atom. The van der Waals surface area contributed by atoms with E-state index in [-0.39, 0.29) is 6.04 Å². The first-order valence-corrected chi connectivity index (χ1v) is 8.35. The van der Waals surface area contributed by atoms with E-state index in [0.29, 0.717) is 10.0 Å². The van der Waals surface area contributed by atoms with E-state index >= 15 is 0 Å². The summed E-state index contributed by atoms with van der Waals surface area (Å²) in [6.45, 7) is 7.46. The number of aryl methyl sites for hydroxylation is 2. The summed E-state index contributed by atoms with van der Waals surface area (Å²) in [5.74, 6) is 0. The topological polar surface area (TPSA) is 12.0 Å². The van der Waals surface area contributed by atoms with E-state index in [1.165, 1.54) is 15.3 Å². The predicted octanol–water partition coefficient (Wildman–Crippen LogP) is 5.76. The highest BCUT2D eigenvalue weighted by Gasteiger charge is 2.17. The Morgan fingerprint density at radius 3 is 2.45 bits per heavy atom. The third kappa shape index (κ3) is 3.56. The summed E-state index contributed by atoms with van der Waals surface area (Å²) >= 11 is 14.0. The summed E-state index contributed by atoms with van der Waals surface area (Å²) in [5.41, 5.74) is 2.50. The zero-order chi connectivity index (χ0) is 14.7. The van der Waals surface area contributed by atoms with Crippen LogP contribution in [0.4, 0.5) is 0 Å². The van der Waals surface area contributed by atoms with Gasteiger partial charge in [-0.25, -0.2) is 0 Å². The van der Waals surface area contributed by atoms with E-state index in [1.54, 1.807) is 0 Å². The number of halogens is 2. The lowest BCUT2D eigenvalue weighted by Gasteiger charge is -2.18. The molecule has 108 valence electrons. The van der Waals surface area contributed by atoms with Crippen molar-refractivity contribution in [2.24, 2.45) is 0 Å². The molecule has 4 heteroatoms. The third-order valence-electron chi connectivity index (χ3n) is 3.35. The lowest BCUT2D eigenvalue weighted by Crippen LogP contribution is -2.22. The summed E-state index contributed by atoms with van der Waals surface area (Å²) in [7, 11) is 0. The van der Waals surface area contributed by atoms with Crippen molar-refractivity contribution in [3.63, 3.8) is 0 Å². The van der Waals surface area contributed by atoms with Crippen LogP contribution in [0.25, 0.3) is 0 Å². The number of benzene rings is 1. The minimum Gasteiger partial charge on any atom is -0.306 e. The van der Waals surface area contributed by atoms with Crippen LogP contribution in [0.15, 0.2) is 24.3 Å². The molecule has 0 aliphatic heterocycles. The van der Waals surface area contributed by atoms with Crippen LogP contribution in [-0.4, -0.2) is 6.54 Å². The van der Waals surface area contributed by atoms with Crippen LogP contribution >= 0.6 is 34.5 Å². The summed E-state index contributed by atoms with van der Waals surface area (Å²) < 4.78 is 0. The highest BCUT2D eigenvalue weighted by atomic mass is 35.5. The van der Waals surface area contributed by atoms with Crippen LogP contribution in [0.5, 0.6) is 0 Å². The van der Waals surface area contributed by atoms with Crippen LogP contribution in [0.3, 0.4) is 0 Å². The van der Waals surface area contributed by atoms with Crippen molar-refractivity contribution in [1.29, 1.82) is 0 Å². The van der Waals surface area contributed by atoms with E-state index in [2.05, 4.69) is 32.2 Å². The summed E-state index contributed by atoms with van der Waals surface area (Å²) in [4.78, 5) is 2.69. The lowest BCUT2D eigenvalue weighted by molar-refractivity contribution is 0.606. The van der Waals surface area contributed by atoms with Gasteiger partial charge in [0.15, 0.2) is 0 Å². The van der Waals surface area contributed by atoms with Crippen LogP contribution < -0.4 is 5.32 Å². The Labute approximate surface area is 134 Å². The molecule has 1 unspecified atom stereocenters. The van der Waals surface area contributed by atoms with Crippen LogP contribution in [-0.2, 0) is 0 Å².